The van der Waals surface area contributed by atoms with Gasteiger partial charge in [0.1, 0.15) is 0 Å². The lowest BCUT2D eigenvalue weighted by molar-refractivity contribution is 0.154. The van der Waals surface area contributed by atoms with Crippen molar-refractivity contribution in [2.24, 2.45) is 0 Å². The summed E-state index contributed by atoms with van der Waals surface area (Å²) in [5.74, 6) is 0. The first-order chi connectivity index (χ1) is 8.19. The van der Waals surface area contributed by atoms with Crippen molar-refractivity contribution in [2.75, 3.05) is 38.8 Å². The molecule has 0 heterocycles. The number of halogens is 1. The van der Waals surface area contributed by atoms with E-state index in [2.05, 4.69) is 23.3 Å². The molecule has 1 aromatic rings. The fourth-order valence-electron chi connectivity index (χ4n) is 1.70. The third-order valence-corrected chi connectivity index (χ3v) is 2.84. The summed E-state index contributed by atoms with van der Waals surface area (Å²) in [5, 5.41) is 3.93. The molecule has 1 N–H and O–H groups in total. The van der Waals surface area contributed by atoms with E-state index in [0.717, 1.165) is 37.0 Å². The van der Waals surface area contributed by atoms with Gasteiger partial charge in [-0.2, -0.15) is 0 Å². The number of nitrogens with zero attached hydrogens (tertiary/aromatic N) is 1. The maximum Gasteiger partial charge on any atom is 0.0641 e. The molecule has 0 fully saturated rings. The smallest absolute Gasteiger partial charge is 0.0641 e. The van der Waals surface area contributed by atoms with Gasteiger partial charge in [-0.25, -0.2) is 0 Å². The van der Waals surface area contributed by atoms with Crippen molar-refractivity contribution < 1.29 is 4.74 Å². The molecule has 1 rings (SSSR count). The topological polar surface area (TPSA) is 24.5 Å². The molecule has 0 aromatic heterocycles. The standard InChI is InChI=1S/C13H21ClN2O/c1-4-17-8-7-16(3)13-9-12(14)6-5-11(13)10-15-2/h5-6,9,15H,4,7-8,10H2,1-3H3. The number of hydrogen-bond acceptors (Lipinski definition) is 3. The Morgan fingerprint density at radius 2 is 2.18 bits per heavy atom. The van der Waals surface area contributed by atoms with E-state index in [0.29, 0.717) is 0 Å². The fourth-order valence-corrected chi connectivity index (χ4v) is 1.86. The first-order valence-electron chi connectivity index (χ1n) is 5.91. The van der Waals surface area contributed by atoms with E-state index < -0.39 is 0 Å². The van der Waals surface area contributed by atoms with Crippen molar-refractivity contribution in [3.63, 3.8) is 0 Å². The SMILES string of the molecule is CCOCCN(C)c1cc(Cl)ccc1CNC. The number of nitrogens with one attached hydrogen (secondary N) is 1. The summed E-state index contributed by atoms with van der Waals surface area (Å²) in [6.07, 6.45) is 0. The van der Waals surface area contributed by atoms with E-state index in [9.17, 15) is 0 Å². The van der Waals surface area contributed by atoms with Gasteiger partial charge in [0.15, 0.2) is 0 Å². The molecule has 96 valence electrons. The van der Waals surface area contributed by atoms with Crippen LogP contribution >= 0.6 is 11.6 Å². The molecule has 0 aliphatic carbocycles. The third-order valence-electron chi connectivity index (χ3n) is 2.60. The summed E-state index contributed by atoms with van der Waals surface area (Å²) in [4.78, 5) is 2.17. The van der Waals surface area contributed by atoms with E-state index in [1.54, 1.807) is 0 Å². The molecule has 0 unspecified atom stereocenters. The predicted octanol–water partition coefficient (Wildman–Crippen LogP) is 2.53. The molecule has 4 heteroatoms. The summed E-state index contributed by atoms with van der Waals surface area (Å²) in [5.41, 5.74) is 2.41. The average Bonchev–Trinajstić information content (AvgIpc) is 2.32. The monoisotopic (exact) mass is 256 g/mol. The van der Waals surface area contributed by atoms with Gasteiger partial charge in [-0.1, -0.05) is 17.7 Å². The van der Waals surface area contributed by atoms with Crippen molar-refractivity contribution in [2.45, 2.75) is 13.5 Å². The Kier molecular flexibility index (Phi) is 6.34. The second kappa shape index (κ2) is 7.54. The molecular formula is C13H21ClN2O. The molecule has 0 saturated heterocycles. The van der Waals surface area contributed by atoms with Gasteiger partial charge in [0.25, 0.3) is 0 Å². The quantitative estimate of drug-likeness (QED) is 0.759. The van der Waals surface area contributed by atoms with Crippen LogP contribution in [0.5, 0.6) is 0 Å². The van der Waals surface area contributed by atoms with Crippen molar-refractivity contribution in [1.82, 2.24) is 5.32 Å². The normalized spacial score (nSPS) is 10.6. The largest absolute Gasteiger partial charge is 0.380 e. The number of benzene rings is 1. The zero-order valence-electron chi connectivity index (χ0n) is 10.8. The Bertz CT molecular complexity index is 344. The minimum atomic E-state index is 0.735. The lowest BCUT2D eigenvalue weighted by atomic mass is 10.1. The highest BCUT2D eigenvalue weighted by atomic mass is 35.5. The first-order valence-corrected chi connectivity index (χ1v) is 6.28. The molecule has 0 bridgehead atoms. The van der Waals surface area contributed by atoms with E-state index in [-0.39, 0.29) is 0 Å². The van der Waals surface area contributed by atoms with Crippen molar-refractivity contribution >= 4 is 17.3 Å². The van der Waals surface area contributed by atoms with Crippen LogP contribution < -0.4 is 10.2 Å². The number of rotatable bonds is 7. The van der Waals surface area contributed by atoms with Crippen LogP contribution in [0.25, 0.3) is 0 Å². The van der Waals surface area contributed by atoms with Gasteiger partial charge < -0.3 is 15.0 Å². The van der Waals surface area contributed by atoms with Gasteiger partial charge in [-0.15, -0.1) is 0 Å². The maximum atomic E-state index is 6.04. The summed E-state index contributed by atoms with van der Waals surface area (Å²) in [7, 11) is 4.00. The molecule has 17 heavy (non-hydrogen) atoms. The predicted molar refractivity (Wildman–Crippen MR) is 74.0 cm³/mol. The molecule has 0 amide bonds. The number of hydrogen-bond donors (Lipinski definition) is 1. The molecule has 0 spiro atoms. The Morgan fingerprint density at radius 3 is 2.82 bits per heavy atom. The Morgan fingerprint density at radius 1 is 1.41 bits per heavy atom. The molecular weight excluding hydrogens is 236 g/mol. The molecule has 3 nitrogen and oxygen atoms in total. The first kappa shape index (κ1) is 14.3. The van der Waals surface area contributed by atoms with E-state index in [1.165, 1.54) is 5.56 Å². The molecule has 1 aromatic carbocycles. The second-order valence-corrected chi connectivity index (χ2v) is 4.36. The molecule has 0 atom stereocenters. The average molecular weight is 257 g/mol. The van der Waals surface area contributed by atoms with Crippen LogP contribution in [0.15, 0.2) is 18.2 Å². The highest BCUT2D eigenvalue weighted by Crippen LogP contribution is 2.23. The molecule has 0 aliphatic heterocycles. The third kappa shape index (κ3) is 4.54. The number of ether oxygens (including phenoxy) is 1. The van der Waals surface area contributed by atoms with Gasteiger partial charge in [0.05, 0.1) is 6.61 Å². The van der Waals surface area contributed by atoms with Gasteiger partial charge in [-0.05, 0) is 31.7 Å². The van der Waals surface area contributed by atoms with Crippen LogP contribution in [0.2, 0.25) is 5.02 Å². The lowest BCUT2D eigenvalue weighted by Crippen LogP contribution is -2.24. The minimum absolute atomic E-state index is 0.735. The van der Waals surface area contributed by atoms with Crippen LogP contribution in [0.1, 0.15) is 12.5 Å². The zero-order chi connectivity index (χ0) is 12.7. The van der Waals surface area contributed by atoms with Gasteiger partial charge in [0.2, 0.25) is 0 Å². The van der Waals surface area contributed by atoms with Crippen molar-refractivity contribution in [3.8, 4) is 0 Å². The summed E-state index contributed by atoms with van der Waals surface area (Å²) in [6, 6.07) is 5.99. The highest BCUT2D eigenvalue weighted by Gasteiger charge is 2.07. The number of likely N-dealkylation sites (N-methyl/N-ethyl adjacent to an activating group) is 1. The van der Waals surface area contributed by atoms with Gasteiger partial charge >= 0.3 is 0 Å². The summed E-state index contributed by atoms with van der Waals surface area (Å²) < 4.78 is 5.37. The Labute approximate surface area is 109 Å². The molecule has 0 radical (unpaired) electrons. The van der Waals surface area contributed by atoms with Gasteiger partial charge in [-0.3, -0.25) is 0 Å². The lowest BCUT2D eigenvalue weighted by Gasteiger charge is -2.22. The molecule has 0 saturated carbocycles. The summed E-state index contributed by atoms with van der Waals surface area (Å²) >= 11 is 6.04. The Hall–Kier alpha value is -0.770. The minimum Gasteiger partial charge on any atom is -0.380 e. The van der Waals surface area contributed by atoms with E-state index in [1.807, 2.05) is 26.1 Å². The second-order valence-electron chi connectivity index (χ2n) is 3.92. The van der Waals surface area contributed by atoms with Crippen LogP contribution in [0.3, 0.4) is 0 Å². The fraction of sp³-hybridized carbons (Fsp3) is 0.538. The van der Waals surface area contributed by atoms with E-state index >= 15 is 0 Å². The van der Waals surface area contributed by atoms with Crippen LogP contribution in [0, 0.1) is 0 Å². The Balaban J connectivity index is 2.74. The van der Waals surface area contributed by atoms with Gasteiger partial charge in [0, 0.05) is 37.5 Å². The zero-order valence-corrected chi connectivity index (χ0v) is 11.5. The van der Waals surface area contributed by atoms with Crippen LogP contribution in [-0.4, -0.2) is 33.9 Å². The number of anilines is 1. The van der Waals surface area contributed by atoms with Crippen LogP contribution in [-0.2, 0) is 11.3 Å². The van der Waals surface area contributed by atoms with Crippen molar-refractivity contribution in [1.29, 1.82) is 0 Å². The van der Waals surface area contributed by atoms with Crippen molar-refractivity contribution in [3.05, 3.63) is 28.8 Å². The summed E-state index contributed by atoms with van der Waals surface area (Å²) in [6.45, 7) is 5.20. The van der Waals surface area contributed by atoms with Crippen LogP contribution in [0.4, 0.5) is 5.69 Å². The molecule has 0 aliphatic rings. The highest BCUT2D eigenvalue weighted by molar-refractivity contribution is 6.30. The maximum absolute atomic E-state index is 6.04. The van der Waals surface area contributed by atoms with E-state index in [4.69, 9.17) is 16.3 Å².